The van der Waals surface area contributed by atoms with Crippen LogP contribution in [0.15, 0.2) is 0 Å². The molecule has 0 heterocycles. The fraction of sp³-hybridized carbons (Fsp3) is 1.00. The van der Waals surface area contributed by atoms with Gasteiger partial charge in [0.25, 0.3) is 0 Å². The summed E-state index contributed by atoms with van der Waals surface area (Å²) in [6, 6.07) is 0. The molecule has 0 radical (unpaired) electrons. The summed E-state index contributed by atoms with van der Waals surface area (Å²) in [7, 11) is 0. The molecule has 1 rings (SSSR count). The zero-order chi connectivity index (χ0) is 6.91. The third kappa shape index (κ3) is 2.10. The van der Waals surface area contributed by atoms with Gasteiger partial charge in [-0.15, -0.1) is 0 Å². The normalized spacial score (nSPS) is 23.0. The predicted octanol–water partition coefficient (Wildman–Crippen LogP) is 3.39. The topological polar surface area (TPSA) is 0 Å². The number of hydrogen-bond donors (Lipinski definition) is 0. The van der Waals surface area contributed by atoms with Gasteiger partial charge in [0.2, 0.25) is 0 Å². The van der Waals surface area contributed by atoms with Gasteiger partial charge in [0.1, 0.15) is 0 Å². The molecule has 1 saturated carbocycles. The largest absolute Gasteiger partial charge is 0.0792 e. The Morgan fingerprint density at radius 3 is 1.89 bits per heavy atom. The van der Waals surface area contributed by atoms with Gasteiger partial charge in [0, 0.05) is 3.42 Å². The van der Waals surface area contributed by atoms with Crippen molar-refractivity contribution in [2.45, 2.75) is 43.0 Å². The van der Waals surface area contributed by atoms with Crippen LogP contribution in [-0.4, -0.2) is 3.42 Å². The molecule has 0 aromatic carbocycles. The van der Waals surface area contributed by atoms with Crippen molar-refractivity contribution in [3.8, 4) is 0 Å². The van der Waals surface area contributed by atoms with Gasteiger partial charge in [-0.1, -0.05) is 49.3 Å². The average Bonchev–Trinajstić information content (AvgIpc) is 2.08. The van der Waals surface area contributed by atoms with Gasteiger partial charge in [-0.2, -0.15) is 0 Å². The van der Waals surface area contributed by atoms with Crippen molar-refractivity contribution in [2.75, 3.05) is 0 Å². The van der Waals surface area contributed by atoms with E-state index in [-0.39, 0.29) is 0 Å². The molecule has 0 bridgehead atoms. The lowest BCUT2D eigenvalue weighted by Crippen LogP contribution is -2.20. The molecule has 0 aromatic heterocycles. The molecule has 0 spiro atoms. The highest BCUT2D eigenvalue weighted by Crippen LogP contribution is 2.39. The third-order valence-corrected chi connectivity index (χ3v) is 3.21. The zero-order valence-electron chi connectivity index (χ0n) is 6.28. The molecule has 0 atom stereocenters. The van der Waals surface area contributed by atoms with Crippen molar-refractivity contribution in [3.63, 3.8) is 0 Å². The van der Waals surface area contributed by atoms with Crippen molar-refractivity contribution < 1.29 is 0 Å². The second-order valence-electron chi connectivity index (χ2n) is 3.55. The Morgan fingerprint density at radius 1 is 1.22 bits per heavy atom. The summed E-state index contributed by atoms with van der Waals surface area (Å²) in [6.07, 6.45) is 5.88. The lowest BCUT2D eigenvalue weighted by molar-refractivity contribution is 0.456. The molecule has 0 unspecified atom stereocenters. The monoisotopic (exact) mass is 238 g/mol. The van der Waals surface area contributed by atoms with Gasteiger partial charge < -0.3 is 0 Å². The lowest BCUT2D eigenvalue weighted by atomic mass is 9.95. The van der Waals surface area contributed by atoms with Gasteiger partial charge in [-0.25, -0.2) is 0 Å². The van der Waals surface area contributed by atoms with Gasteiger partial charge >= 0.3 is 0 Å². The molecule has 1 aliphatic rings. The summed E-state index contributed by atoms with van der Waals surface area (Å²) >= 11 is 2.58. The molecule has 1 heteroatoms. The van der Waals surface area contributed by atoms with Crippen LogP contribution in [0.5, 0.6) is 0 Å². The maximum absolute atomic E-state index is 2.58. The van der Waals surface area contributed by atoms with E-state index in [1.54, 1.807) is 0 Å². The zero-order valence-corrected chi connectivity index (χ0v) is 8.44. The molecule has 0 aliphatic heterocycles. The summed E-state index contributed by atoms with van der Waals surface area (Å²) in [5, 5.41) is 0. The summed E-state index contributed by atoms with van der Waals surface area (Å²) in [6.45, 7) is 4.70. The van der Waals surface area contributed by atoms with Crippen molar-refractivity contribution in [2.24, 2.45) is 5.92 Å². The molecule has 0 nitrogen and oxygen atoms in total. The van der Waals surface area contributed by atoms with Crippen LogP contribution in [0.1, 0.15) is 39.5 Å². The summed E-state index contributed by atoms with van der Waals surface area (Å²) < 4.78 is 0.550. The number of rotatable bonds is 1. The van der Waals surface area contributed by atoms with E-state index in [0.717, 1.165) is 5.92 Å². The molecule has 0 amide bonds. The van der Waals surface area contributed by atoms with E-state index < -0.39 is 0 Å². The highest BCUT2D eigenvalue weighted by molar-refractivity contribution is 14.1. The SMILES string of the molecule is CC(C)(I)C1CCCC1. The molecule has 9 heavy (non-hydrogen) atoms. The van der Waals surface area contributed by atoms with Crippen LogP contribution >= 0.6 is 22.6 Å². The quantitative estimate of drug-likeness (QED) is 0.485. The van der Waals surface area contributed by atoms with Crippen LogP contribution in [0, 0.1) is 5.92 Å². The first-order chi connectivity index (χ1) is 4.11. The van der Waals surface area contributed by atoms with Gasteiger partial charge in [0.05, 0.1) is 0 Å². The molecule has 0 N–H and O–H groups in total. The summed E-state index contributed by atoms with van der Waals surface area (Å²) in [5.41, 5.74) is 0. The summed E-state index contributed by atoms with van der Waals surface area (Å²) in [5.74, 6) is 0.998. The Morgan fingerprint density at radius 2 is 1.67 bits per heavy atom. The average molecular weight is 238 g/mol. The molecule has 0 aromatic rings. The predicted molar refractivity (Wildman–Crippen MR) is 50.1 cm³/mol. The Balaban J connectivity index is 2.42. The standard InChI is InChI=1S/C8H15I/c1-8(2,9)7-5-3-4-6-7/h7H,3-6H2,1-2H3. The van der Waals surface area contributed by atoms with Gasteiger partial charge in [-0.05, 0) is 18.8 Å². The Hall–Kier alpha value is 0.730. The molecular formula is C8H15I. The smallest absolute Gasteiger partial charge is 0.0194 e. The van der Waals surface area contributed by atoms with E-state index in [9.17, 15) is 0 Å². The molecular weight excluding hydrogens is 223 g/mol. The second-order valence-corrected chi connectivity index (χ2v) is 6.33. The van der Waals surface area contributed by atoms with E-state index in [1.165, 1.54) is 25.7 Å². The van der Waals surface area contributed by atoms with Crippen molar-refractivity contribution in [1.82, 2.24) is 0 Å². The number of alkyl halides is 1. The van der Waals surface area contributed by atoms with Crippen LogP contribution in [0.4, 0.5) is 0 Å². The van der Waals surface area contributed by atoms with E-state index >= 15 is 0 Å². The van der Waals surface area contributed by atoms with E-state index in [0.29, 0.717) is 3.42 Å². The number of hydrogen-bond acceptors (Lipinski definition) is 0. The first-order valence-electron chi connectivity index (χ1n) is 3.79. The first kappa shape index (κ1) is 7.83. The third-order valence-electron chi connectivity index (χ3n) is 2.33. The van der Waals surface area contributed by atoms with E-state index in [1.807, 2.05) is 0 Å². The lowest BCUT2D eigenvalue weighted by Gasteiger charge is -2.23. The van der Waals surface area contributed by atoms with Crippen molar-refractivity contribution in [3.05, 3.63) is 0 Å². The molecule has 1 fully saturated rings. The molecule has 0 saturated heterocycles. The minimum atomic E-state index is 0.550. The van der Waals surface area contributed by atoms with Crippen LogP contribution in [0.2, 0.25) is 0 Å². The highest BCUT2D eigenvalue weighted by Gasteiger charge is 2.28. The first-order valence-corrected chi connectivity index (χ1v) is 4.87. The second kappa shape index (κ2) is 2.77. The minimum absolute atomic E-state index is 0.550. The fourth-order valence-corrected chi connectivity index (χ4v) is 2.24. The Kier molecular flexibility index (Phi) is 2.41. The van der Waals surface area contributed by atoms with Gasteiger partial charge in [-0.3, -0.25) is 0 Å². The maximum atomic E-state index is 2.58. The van der Waals surface area contributed by atoms with Gasteiger partial charge in [0.15, 0.2) is 0 Å². The van der Waals surface area contributed by atoms with Crippen molar-refractivity contribution in [1.29, 1.82) is 0 Å². The number of halogens is 1. The molecule has 1 aliphatic carbocycles. The van der Waals surface area contributed by atoms with E-state index in [4.69, 9.17) is 0 Å². The highest BCUT2D eigenvalue weighted by atomic mass is 127. The van der Waals surface area contributed by atoms with Crippen LogP contribution in [0.25, 0.3) is 0 Å². The van der Waals surface area contributed by atoms with Crippen LogP contribution < -0.4 is 0 Å². The Labute approximate surface area is 71.5 Å². The van der Waals surface area contributed by atoms with E-state index in [2.05, 4.69) is 36.4 Å². The fourth-order valence-electron chi connectivity index (χ4n) is 1.61. The summed E-state index contributed by atoms with van der Waals surface area (Å²) in [4.78, 5) is 0. The maximum Gasteiger partial charge on any atom is 0.0194 e. The van der Waals surface area contributed by atoms with Crippen molar-refractivity contribution >= 4 is 22.6 Å². The van der Waals surface area contributed by atoms with Crippen LogP contribution in [-0.2, 0) is 0 Å². The Bertz CT molecular complexity index is 85.2. The minimum Gasteiger partial charge on any atom is -0.0792 e. The molecule has 54 valence electrons. The van der Waals surface area contributed by atoms with Crippen LogP contribution in [0.3, 0.4) is 0 Å².